The Morgan fingerprint density at radius 2 is 1.83 bits per heavy atom. The van der Waals surface area contributed by atoms with Gasteiger partial charge in [-0.3, -0.25) is 4.79 Å². The average Bonchev–Trinajstić information content (AvgIpc) is 3.04. The quantitative estimate of drug-likeness (QED) is 0.621. The fraction of sp³-hybridized carbons (Fsp3) is 0.960. The third-order valence-electron chi connectivity index (χ3n) is 10.6. The lowest BCUT2D eigenvalue weighted by Crippen LogP contribution is -2.62. The molecule has 0 heterocycles. The van der Waals surface area contributed by atoms with E-state index in [1.54, 1.807) is 0 Å². The van der Waals surface area contributed by atoms with E-state index in [1.807, 2.05) is 7.11 Å². The first-order chi connectivity index (χ1) is 14.1. The van der Waals surface area contributed by atoms with Crippen LogP contribution < -0.4 is 0 Å². The van der Waals surface area contributed by atoms with Crippen molar-refractivity contribution >= 4 is 5.97 Å². The van der Waals surface area contributed by atoms with E-state index in [0.29, 0.717) is 41.9 Å². The van der Waals surface area contributed by atoms with Crippen LogP contribution in [0.2, 0.25) is 0 Å². The number of aliphatic carboxylic acids is 1. The molecular weight excluding hydrogens is 380 g/mol. The van der Waals surface area contributed by atoms with E-state index in [1.165, 1.54) is 0 Å². The van der Waals surface area contributed by atoms with Crippen LogP contribution >= 0.6 is 0 Å². The van der Waals surface area contributed by atoms with E-state index >= 15 is 0 Å². The minimum absolute atomic E-state index is 0.00774. The van der Waals surface area contributed by atoms with Crippen LogP contribution in [0.15, 0.2) is 0 Å². The molecule has 3 N–H and O–H groups in total. The van der Waals surface area contributed by atoms with Crippen LogP contribution in [0.1, 0.15) is 78.6 Å². The zero-order chi connectivity index (χ0) is 21.8. The molecule has 0 amide bonds. The molecule has 0 aromatic carbocycles. The Hall–Kier alpha value is -0.650. The number of carbonyl (C=O) groups is 1. The number of methoxy groups -OCH3 is 1. The maximum Gasteiger partial charge on any atom is 0.303 e. The molecule has 4 rings (SSSR count). The van der Waals surface area contributed by atoms with Crippen molar-refractivity contribution in [2.75, 3.05) is 7.11 Å². The summed E-state index contributed by atoms with van der Waals surface area (Å²) in [6, 6.07) is 0. The van der Waals surface area contributed by atoms with Crippen molar-refractivity contribution in [3.63, 3.8) is 0 Å². The summed E-state index contributed by atoms with van der Waals surface area (Å²) in [5.41, 5.74) is 0.167. The van der Waals surface area contributed by atoms with Crippen LogP contribution in [0.5, 0.6) is 0 Å². The average molecular weight is 423 g/mol. The molecule has 11 unspecified atom stereocenters. The second-order valence-corrected chi connectivity index (χ2v) is 11.6. The predicted octanol–water partition coefficient (Wildman–Crippen LogP) is 4.10. The largest absolute Gasteiger partial charge is 0.481 e. The molecule has 5 heteroatoms. The predicted molar refractivity (Wildman–Crippen MR) is 115 cm³/mol. The monoisotopic (exact) mass is 422 g/mol. The summed E-state index contributed by atoms with van der Waals surface area (Å²) in [7, 11) is 1.84. The van der Waals surface area contributed by atoms with Crippen LogP contribution in [-0.4, -0.2) is 46.7 Å². The first kappa shape index (κ1) is 22.5. The maximum absolute atomic E-state index is 11.4. The third-order valence-corrected chi connectivity index (χ3v) is 10.6. The van der Waals surface area contributed by atoms with Gasteiger partial charge >= 0.3 is 5.97 Å². The fourth-order valence-corrected chi connectivity index (χ4v) is 9.01. The molecule has 11 atom stereocenters. The molecule has 30 heavy (non-hydrogen) atoms. The fourth-order valence-electron chi connectivity index (χ4n) is 9.01. The summed E-state index contributed by atoms with van der Waals surface area (Å²) in [5.74, 6) is 1.64. The SMILES string of the molecule is COC1CC2C(C(O)CC3CC(O)CCC32C)C2CCC(C(C)CCC(=O)O)C12C. The van der Waals surface area contributed by atoms with E-state index < -0.39 is 5.97 Å². The number of aliphatic hydroxyl groups is 2. The van der Waals surface area contributed by atoms with E-state index in [4.69, 9.17) is 4.74 Å². The van der Waals surface area contributed by atoms with Gasteiger partial charge in [-0.1, -0.05) is 20.8 Å². The Morgan fingerprint density at radius 3 is 2.50 bits per heavy atom. The highest BCUT2D eigenvalue weighted by molar-refractivity contribution is 5.66. The van der Waals surface area contributed by atoms with Gasteiger partial charge in [0.2, 0.25) is 0 Å². The molecule has 5 nitrogen and oxygen atoms in total. The lowest BCUT2D eigenvalue weighted by Gasteiger charge is -2.64. The molecule has 172 valence electrons. The summed E-state index contributed by atoms with van der Waals surface area (Å²) < 4.78 is 6.20. The van der Waals surface area contributed by atoms with Crippen molar-refractivity contribution in [3.8, 4) is 0 Å². The van der Waals surface area contributed by atoms with Gasteiger partial charge in [-0.2, -0.15) is 0 Å². The minimum Gasteiger partial charge on any atom is -0.481 e. The van der Waals surface area contributed by atoms with Crippen molar-refractivity contribution in [2.45, 2.75) is 96.9 Å². The maximum atomic E-state index is 11.4. The summed E-state index contributed by atoms with van der Waals surface area (Å²) >= 11 is 0. The second kappa shape index (κ2) is 8.04. The van der Waals surface area contributed by atoms with Gasteiger partial charge in [0.05, 0.1) is 18.3 Å². The number of fused-ring (bicyclic) bond motifs is 5. The van der Waals surface area contributed by atoms with Gasteiger partial charge in [0, 0.05) is 18.9 Å². The summed E-state index contributed by atoms with van der Waals surface area (Å²) in [5, 5.41) is 30.8. The van der Waals surface area contributed by atoms with Crippen LogP contribution in [0.25, 0.3) is 0 Å². The highest BCUT2D eigenvalue weighted by Crippen LogP contribution is 2.68. The highest BCUT2D eigenvalue weighted by Gasteiger charge is 2.66. The number of carboxylic acid groups (broad SMARTS) is 1. The number of hydrogen-bond acceptors (Lipinski definition) is 4. The lowest BCUT2D eigenvalue weighted by atomic mass is 9.43. The Balaban J connectivity index is 1.64. The zero-order valence-corrected chi connectivity index (χ0v) is 19.2. The Bertz CT molecular complexity index is 651. The van der Waals surface area contributed by atoms with Gasteiger partial charge in [-0.25, -0.2) is 0 Å². The van der Waals surface area contributed by atoms with Crippen LogP contribution in [0.4, 0.5) is 0 Å². The molecule has 4 saturated carbocycles. The molecule has 4 fully saturated rings. The molecule has 0 bridgehead atoms. The number of hydrogen-bond donors (Lipinski definition) is 3. The number of carboxylic acids is 1. The van der Waals surface area contributed by atoms with Crippen molar-refractivity contribution in [1.82, 2.24) is 0 Å². The van der Waals surface area contributed by atoms with Crippen molar-refractivity contribution < 1.29 is 24.9 Å². The van der Waals surface area contributed by atoms with E-state index in [-0.39, 0.29) is 35.6 Å². The second-order valence-electron chi connectivity index (χ2n) is 11.6. The van der Waals surface area contributed by atoms with Gasteiger partial charge < -0.3 is 20.1 Å². The molecule has 0 aliphatic heterocycles. The van der Waals surface area contributed by atoms with Gasteiger partial charge in [0.15, 0.2) is 0 Å². The third kappa shape index (κ3) is 3.34. The topological polar surface area (TPSA) is 87.0 Å². The summed E-state index contributed by atoms with van der Waals surface area (Å²) in [4.78, 5) is 11.1. The van der Waals surface area contributed by atoms with E-state index in [0.717, 1.165) is 44.9 Å². The van der Waals surface area contributed by atoms with Crippen LogP contribution in [0, 0.1) is 46.3 Å². The number of rotatable bonds is 5. The molecule has 0 aromatic heterocycles. The van der Waals surface area contributed by atoms with Crippen LogP contribution in [0.3, 0.4) is 0 Å². The van der Waals surface area contributed by atoms with Crippen molar-refractivity contribution in [2.24, 2.45) is 46.3 Å². The normalized spacial score (nSPS) is 51.5. The molecular formula is C25H42O5. The first-order valence-corrected chi connectivity index (χ1v) is 12.2. The molecule has 0 saturated heterocycles. The van der Waals surface area contributed by atoms with Crippen molar-refractivity contribution in [1.29, 1.82) is 0 Å². The molecule has 0 spiro atoms. The first-order valence-electron chi connectivity index (χ1n) is 12.2. The van der Waals surface area contributed by atoms with Gasteiger partial charge in [-0.15, -0.1) is 0 Å². The number of aliphatic hydroxyl groups excluding tert-OH is 2. The summed E-state index contributed by atoms with van der Waals surface area (Å²) in [6.45, 7) is 7.02. The van der Waals surface area contributed by atoms with E-state index in [9.17, 15) is 20.1 Å². The number of ether oxygens (including phenoxy) is 1. The minimum atomic E-state index is -0.713. The van der Waals surface area contributed by atoms with Gasteiger partial charge in [-0.05, 0) is 92.3 Å². The highest BCUT2D eigenvalue weighted by atomic mass is 16.5. The smallest absolute Gasteiger partial charge is 0.303 e. The zero-order valence-electron chi connectivity index (χ0n) is 19.2. The molecule has 4 aliphatic rings. The Morgan fingerprint density at radius 1 is 1.10 bits per heavy atom. The lowest BCUT2D eigenvalue weighted by molar-refractivity contribution is -0.212. The van der Waals surface area contributed by atoms with E-state index in [2.05, 4.69) is 20.8 Å². The standard InChI is InChI=1S/C25H42O5/c1-14(5-8-22(28)29)17-6-7-18-23-19(13-21(30-4)25(17,18)3)24(2)10-9-16(26)11-15(24)12-20(23)27/h14-21,23,26-27H,5-13H2,1-4H3,(H,28,29). The molecule has 0 radical (unpaired) electrons. The molecule has 0 aromatic rings. The van der Waals surface area contributed by atoms with Gasteiger partial charge in [0.25, 0.3) is 0 Å². The van der Waals surface area contributed by atoms with Crippen LogP contribution in [-0.2, 0) is 9.53 Å². The summed E-state index contributed by atoms with van der Waals surface area (Å²) in [6.07, 6.45) is 7.35. The molecule has 4 aliphatic carbocycles. The van der Waals surface area contributed by atoms with Crippen molar-refractivity contribution in [3.05, 3.63) is 0 Å². The Labute approximate surface area is 181 Å². The Kier molecular flexibility index (Phi) is 6.04. The van der Waals surface area contributed by atoms with Gasteiger partial charge in [0.1, 0.15) is 0 Å².